The molecule has 0 amide bonds. The summed E-state index contributed by atoms with van der Waals surface area (Å²) in [6, 6.07) is 14.5. The summed E-state index contributed by atoms with van der Waals surface area (Å²) >= 11 is 0. The van der Waals surface area contributed by atoms with Crippen molar-refractivity contribution in [2.75, 3.05) is 51.3 Å². The second-order valence-corrected chi connectivity index (χ2v) is 8.34. The molecule has 0 spiro atoms. The largest absolute Gasteiger partial charge is 0.433 e. The normalized spacial score (nSPS) is 20.5. The van der Waals surface area contributed by atoms with Crippen molar-refractivity contribution < 1.29 is 17.9 Å². The quantitative estimate of drug-likeness (QED) is 0.747. The lowest BCUT2D eigenvalue weighted by atomic mass is 9.87. The number of halogens is 3. The third-order valence-electron chi connectivity index (χ3n) is 6.35. The molecule has 0 bridgehead atoms. The highest BCUT2D eigenvalue weighted by molar-refractivity contribution is 5.36. The Kier molecular flexibility index (Phi) is 6.79. The highest BCUT2D eigenvalue weighted by Gasteiger charge is 2.40. The average Bonchev–Trinajstić information content (AvgIpc) is 2.79. The van der Waals surface area contributed by atoms with Crippen LogP contribution in [0.15, 0.2) is 48.5 Å². The maximum Gasteiger partial charge on any atom is 0.433 e. The first-order valence-corrected chi connectivity index (χ1v) is 10.8. The standard InChI is InChI=1S/C23H29F3N4O/c24-23(25,26)20-7-4-8-21(28-20)27-18-22(9-15-31-16-10-22)30-13-11-29(12-14-30)17-19-5-2-1-3-6-19/h1-8H,9-18H2,(H,27,28). The van der Waals surface area contributed by atoms with Crippen molar-refractivity contribution in [3.8, 4) is 0 Å². The number of pyridine rings is 1. The van der Waals surface area contributed by atoms with Gasteiger partial charge in [-0.2, -0.15) is 13.2 Å². The van der Waals surface area contributed by atoms with Gasteiger partial charge < -0.3 is 10.1 Å². The number of aromatic nitrogens is 1. The van der Waals surface area contributed by atoms with Crippen LogP contribution in [0.2, 0.25) is 0 Å². The van der Waals surface area contributed by atoms with Crippen molar-refractivity contribution in [3.63, 3.8) is 0 Å². The number of hydrogen-bond acceptors (Lipinski definition) is 5. The summed E-state index contributed by atoms with van der Waals surface area (Å²) in [5, 5.41) is 3.19. The van der Waals surface area contributed by atoms with Gasteiger partial charge in [0, 0.05) is 58.0 Å². The summed E-state index contributed by atoms with van der Waals surface area (Å²) in [5.74, 6) is 0.267. The number of hydrogen-bond donors (Lipinski definition) is 1. The number of ether oxygens (including phenoxy) is 1. The summed E-state index contributed by atoms with van der Waals surface area (Å²) in [6.45, 7) is 6.65. The van der Waals surface area contributed by atoms with Gasteiger partial charge in [0.05, 0.1) is 0 Å². The lowest BCUT2D eigenvalue weighted by Gasteiger charge is -2.49. The van der Waals surface area contributed by atoms with E-state index in [9.17, 15) is 13.2 Å². The maximum atomic E-state index is 13.0. The molecule has 0 radical (unpaired) electrons. The van der Waals surface area contributed by atoms with Crippen molar-refractivity contribution >= 4 is 5.82 Å². The summed E-state index contributed by atoms with van der Waals surface area (Å²) in [5.41, 5.74) is 0.314. The van der Waals surface area contributed by atoms with E-state index in [1.807, 2.05) is 6.07 Å². The molecule has 8 heteroatoms. The fraction of sp³-hybridized carbons (Fsp3) is 0.522. The Hall–Kier alpha value is -2.16. The van der Waals surface area contributed by atoms with Crippen molar-refractivity contribution in [3.05, 3.63) is 59.8 Å². The minimum Gasteiger partial charge on any atom is -0.381 e. The van der Waals surface area contributed by atoms with Crippen molar-refractivity contribution in [2.45, 2.75) is 31.1 Å². The molecule has 4 rings (SSSR count). The first-order chi connectivity index (χ1) is 14.9. The maximum absolute atomic E-state index is 13.0. The van der Waals surface area contributed by atoms with Crippen LogP contribution in [0.5, 0.6) is 0 Å². The topological polar surface area (TPSA) is 40.6 Å². The molecule has 0 unspecified atom stereocenters. The molecule has 2 aliphatic rings. The Bertz CT molecular complexity index is 832. The number of alkyl halides is 3. The summed E-state index contributed by atoms with van der Waals surface area (Å²) < 4.78 is 44.6. The molecule has 0 aliphatic carbocycles. The van der Waals surface area contributed by atoms with E-state index in [1.54, 1.807) is 6.07 Å². The number of piperazine rings is 1. The molecular weight excluding hydrogens is 405 g/mol. The van der Waals surface area contributed by atoms with Gasteiger partial charge in [0.15, 0.2) is 0 Å². The Labute approximate surface area is 181 Å². The summed E-state index contributed by atoms with van der Waals surface area (Å²) in [7, 11) is 0. The molecule has 1 aromatic heterocycles. The first-order valence-electron chi connectivity index (χ1n) is 10.8. The van der Waals surface area contributed by atoms with E-state index >= 15 is 0 Å². The molecule has 168 valence electrons. The number of rotatable bonds is 6. The minimum absolute atomic E-state index is 0.132. The van der Waals surface area contributed by atoms with Crippen LogP contribution in [0, 0.1) is 0 Å². The molecule has 2 fully saturated rings. The molecular formula is C23H29F3N4O. The molecule has 2 aromatic rings. The van der Waals surface area contributed by atoms with E-state index in [0.717, 1.165) is 51.6 Å². The van der Waals surface area contributed by atoms with Crippen LogP contribution in [-0.4, -0.2) is 66.3 Å². The monoisotopic (exact) mass is 434 g/mol. The smallest absolute Gasteiger partial charge is 0.381 e. The van der Waals surface area contributed by atoms with Gasteiger partial charge in [-0.15, -0.1) is 0 Å². The van der Waals surface area contributed by atoms with E-state index in [0.29, 0.717) is 19.8 Å². The Morgan fingerprint density at radius 3 is 2.32 bits per heavy atom. The van der Waals surface area contributed by atoms with Gasteiger partial charge in [0.25, 0.3) is 0 Å². The zero-order valence-corrected chi connectivity index (χ0v) is 17.6. The van der Waals surface area contributed by atoms with Gasteiger partial charge in [-0.05, 0) is 30.5 Å². The molecule has 5 nitrogen and oxygen atoms in total. The SMILES string of the molecule is FC(F)(F)c1cccc(NCC2(N3CCN(Cc4ccccc4)CC3)CCOCC2)n1. The molecule has 2 aliphatic heterocycles. The van der Waals surface area contributed by atoms with E-state index in [1.165, 1.54) is 11.6 Å². The molecule has 1 N–H and O–H groups in total. The van der Waals surface area contributed by atoms with Crippen molar-refractivity contribution in [2.24, 2.45) is 0 Å². The van der Waals surface area contributed by atoms with Gasteiger partial charge in [-0.3, -0.25) is 9.80 Å². The molecule has 1 aromatic carbocycles. The van der Waals surface area contributed by atoms with E-state index < -0.39 is 11.9 Å². The summed E-state index contributed by atoms with van der Waals surface area (Å²) in [4.78, 5) is 8.73. The van der Waals surface area contributed by atoms with Crippen LogP contribution >= 0.6 is 0 Å². The highest BCUT2D eigenvalue weighted by atomic mass is 19.4. The predicted molar refractivity (Wildman–Crippen MR) is 114 cm³/mol. The van der Waals surface area contributed by atoms with Gasteiger partial charge in [-0.25, -0.2) is 4.98 Å². The number of benzene rings is 1. The Morgan fingerprint density at radius 1 is 0.935 bits per heavy atom. The molecule has 0 saturated carbocycles. The predicted octanol–water partition coefficient (Wildman–Crippen LogP) is 3.88. The van der Waals surface area contributed by atoms with E-state index in [4.69, 9.17) is 4.74 Å². The average molecular weight is 435 g/mol. The number of anilines is 1. The first kappa shape index (κ1) is 22.0. The highest BCUT2D eigenvalue weighted by Crippen LogP contribution is 2.31. The third kappa shape index (κ3) is 5.56. The van der Waals surface area contributed by atoms with E-state index in [2.05, 4.69) is 44.4 Å². The van der Waals surface area contributed by atoms with Crippen LogP contribution in [0.25, 0.3) is 0 Å². The van der Waals surface area contributed by atoms with Crippen LogP contribution in [-0.2, 0) is 17.5 Å². The van der Waals surface area contributed by atoms with Gasteiger partial charge in [0.2, 0.25) is 0 Å². The molecule has 3 heterocycles. The lowest BCUT2D eigenvalue weighted by molar-refractivity contribution is -0.141. The molecule has 31 heavy (non-hydrogen) atoms. The molecule has 2 saturated heterocycles. The Balaban J connectivity index is 1.39. The fourth-order valence-electron chi connectivity index (χ4n) is 4.52. The molecule has 0 atom stereocenters. The number of nitrogens with one attached hydrogen (secondary N) is 1. The third-order valence-corrected chi connectivity index (χ3v) is 6.35. The zero-order valence-electron chi connectivity index (χ0n) is 17.6. The van der Waals surface area contributed by atoms with Gasteiger partial charge in [-0.1, -0.05) is 36.4 Å². The van der Waals surface area contributed by atoms with Crippen LogP contribution < -0.4 is 5.32 Å². The number of nitrogens with zero attached hydrogens (tertiary/aromatic N) is 3. The van der Waals surface area contributed by atoms with E-state index in [-0.39, 0.29) is 11.4 Å². The fourth-order valence-corrected chi connectivity index (χ4v) is 4.52. The van der Waals surface area contributed by atoms with Crippen molar-refractivity contribution in [1.82, 2.24) is 14.8 Å². The Morgan fingerprint density at radius 2 is 1.65 bits per heavy atom. The van der Waals surface area contributed by atoms with Gasteiger partial charge in [0.1, 0.15) is 11.5 Å². The van der Waals surface area contributed by atoms with Crippen LogP contribution in [0.4, 0.5) is 19.0 Å². The van der Waals surface area contributed by atoms with Gasteiger partial charge >= 0.3 is 6.18 Å². The zero-order chi connectivity index (χ0) is 21.7. The van der Waals surface area contributed by atoms with Crippen LogP contribution in [0.1, 0.15) is 24.1 Å². The van der Waals surface area contributed by atoms with Crippen molar-refractivity contribution in [1.29, 1.82) is 0 Å². The second-order valence-electron chi connectivity index (χ2n) is 8.34. The second kappa shape index (κ2) is 9.54. The minimum atomic E-state index is -4.44. The lowest BCUT2D eigenvalue weighted by Crippen LogP contribution is -2.61. The summed E-state index contributed by atoms with van der Waals surface area (Å²) in [6.07, 6.45) is -2.72. The van der Waals surface area contributed by atoms with Crippen LogP contribution in [0.3, 0.4) is 0 Å².